The fourth-order valence-electron chi connectivity index (χ4n) is 4.74. The first-order valence-electron chi connectivity index (χ1n) is 12.7. The van der Waals surface area contributed by atoms with E-state index in [1.165, 1.54) is 5.69 Å². The summed E-state index contributed by atoms with van der Waals surface area (Å²) >= 11 is 6.14. The van der Waals surface area contributed by atoms with E-state index in [9.17, 15) is 0 Å². The number of pyridine rings is 1. The minimum absolute atomic E-state index is 0.653. The van der Waals surface area contributed by atoms with Gasteiger partial charge in [0, 0.05) is 72.6 Å². The summed E-state index contributed by atoms with van der Waals surface area (Å²) in [5.41, 5.74) is 5.27. The molecule has 1 aliphatic rings. The monoisotopic (exact) mass is 521 g/mol. The third-order valence-electron chi connectivity index (χ3n) is 6.71. The highest BCUT2D eigenvalue weighted by atomic mass is 35.5. The second kappa shape index (κ2) is 10.9. The third kappa shape index (κ3) is 5.48. The van der Waals surface area contributed by atoms with E-state index in [1.54, 1.807) is 6.20 Å². The fourth-order valence-corrected chi connectivity index (χ4v) is 4.91. The number of benzene rings is 3. The second-order valence-electron chi connectivity index (χ2n) is 9.25. The SMILES string of the molecule is Clc1ccc2c(Nc3cccc(CNc4ccnc(N5CCN(c6ccccc6)CC5)n4)c3)ccnc2c1. The van der Waals surface area contributed by atoms with E-state index < -0.39 is 0 Å². The number of rotatable bonds is 7. The molecule has 190 valence electrons. The number of aromatic nitrogens is 3. The normalized spacial score (nSPS) is 13.5. The van der Waals surface area contributed by atoms with Crippen LogP contribution in [0, 0.1) is 0 Å². The van der Waals surface area contributed by atoms with Crippen molar-refractivity contribution in [3.8, 4) is 0 Å². The average molecular weight is 522 g/mol. The zero-order valence-electron chi connectivity index (χ0n) is 20.9. The van der Waals surface area contributed by atoms with Crippen LogP contribution in [0.1, 0.15) is 5.56 Å². The summed E-state index contributed by atoms with van der Waals surface area (Å²) < 4.78 is 0. The van der Waals surface area contributed by atoms with E-state index in [0.29, 0.717) is 11.6 Å². The largest absolute Gasteiger partial charge is 0.368 e. The van der Waals surface area contributed by atoms with Gasteiger partial charge in [-0.15, -0.1) is 0 Å². The van der Waals surface area contributed by atoms with Crippen LogP contribution in [0.4, 0.5) is 28.8 Å². The van der Waals surface area contributed by atoms with Crippen LogP contribution in [0.2, 0.25) is 5.02 Å². The van der Waals surface area contributed by atoms with Crippen LogP contribution in [0.3, 0.4) is 0 Å². The van der Waals surface area contributed by atoms with E-state index in [-0.39, 0.29) is 0 Å². The molecule has 0 bridgehead atoms. The smallest absolute Gasteiger partial charge is 0.227 e. The third-order valence-corrected chi connectivity index (χ3v) is 6.95. The molecule has 5 aromatic rings. The molecule has 1 fully saturated rings. The van der Waals surface area contributed by atoms with Gasteiger partial charge in [-0.05, 0) is 60.2 Å². The van der Waals surface area contributed by atoms with Gasteiger partial charge in [-0.3, -0.25) is 4.98 Å². The van der Waals surface area contributed by atoms with E-state index in [2.05, 4.69) is 85.0 Å². The van der Waals surface area contributed by atoms with Crippen LogP contribution in [-0.4, -0.2) is 41.1 Å². The topological polar surface area (TPSA) is 69.2 Å². The van der Waals surface area contributed by atoms with Gasteiger partial charge in [0.25, 0.3) is 0 Å². The minimum Gasteiger partial charge on any atom is -0.368 e. The van der Waals surface area contributed by atoms with Crippen molar-refractivity contribution in [2.24, 2.45) is 0 Å². The maximum Gasteiger partial charge on any atom is 0.227 e. The van der Waals surface area contributed by atoms with Gasteiger partial charge in [-0.2, -0.15) is 4.98 Å². The van der Waals surface area contributed by atoms with E-state index >= 15 is 0 Å². The lowest BCUT2D eigenvalue weighted by molar-refractivity contribution is 0.640. The van der Waals surface area contributed by atoms with Crippen LogP contribution in [0.15, 0.2) is 97.3 Å². The molecule has 0 radical (unpaired) electrons. The lowest BCUT2D eigenvalue weighted by atomic mass is 10.1. The Kier molecular flexibility index (Phi) is 6.91. The van der Waals surface area contributed by atoms with E-state index in [1.807, 2.05) is 36.5 Å². The van der Waals surface area contributed by atoms with Crippen molar-refractivity contribution in [1.29, 1.82) is 0 Å². The zero-order chi connectivity index (χ0) is 25.7. The molecule has 6 rings (SSSR count). The van der Waals surface area contributed by atoms with Crippen LogP contribution in [0.5, 0.6) is 0 Å². The zero-order valence-corrected chi connectivity index (χ0v) is 21.6. The van der Waals surface area contributed by atoms with Crippen LogP contribution >= 0.6 is 11.6 Å². The predicted octanol–water partition coefficient (Wildman–Crippen LogP) is 6.36. The molecule has 0 saturated carbocycles. The van der Waals surface area contributed by atoms with Gasteiger partial charge in [0.2, 0.25) is 5.95 Å². The maximum absolute atomic E-state index is 6.14. The molecule has 0 spiro atoms. The van der Waals surface area contributed by atoms with Crippen molar-refractivity contribution < 1.29 is 0 Å². The molecule has 2 N–H and O–H groups in total. The maximum atomic E-state index is 6.14. The van der Waals surface area contributed by atoms with Gasteiger partial charge >= 0.3 is 0 Å². The van der Waals surface area contributed by atoms with Crippen LogP contribution in [0.25, 0.3) is 10.9 Å². The Morgan fingerprint density at radius 2 is 1.58 bits per heavy atom. The van der Waals surface area contributed by atoms with Crippen molar-refractivity contribution in [3.05, 3.63) is 108 Å². The molecule has 2 aromatic heterocycles. The summed E-state index contributed by atoms with van der Waals surface area (Å²) in [6.45, 7) is 4.33. The van der Waals surface area contributed by atoms with E-state index in [0.717, 1.165) is 65.8 Å². The molecule has 38 heavy (non-hydrogen) atoms. The Morgan fingerprint density at radius 1 is 0.763 bits per heavy atom. The second-order valence-corrected chi connectivity index (χ2v) is 9.69. The van der Waals surface area contributed by atoms with Crippen LogP contribution in [-0.2, 0) is 6.54 Å². The number of halogens is 1. The molecular weight excluding hydrogens is 494 g/mol. The average Bonchev–Trinajstić information content (AvgIpc) is 2.97. The quantitative estimate of drug-likeness (QED) is 0.258. The summed E-state index contributed by atoms with van der Waals surface area (Å²) in [5, 5.41) is 8.69. The van der Waals surface area contributed by atoms with Crippen molar-refractivity contribution in [3.63, 3.8) is 0 Å². The number of fused-ring (bicyclic) bond motifs is 1. The molecule has 8 heteroatoms. The van der Waals surface area contributed by atoms with Crippen molar-refractivity contribution >= 4 is 51.3 Å². The molecule has 7 nitrogen and oxygen atoms in total. The van der Waals surface area contributed by atoms with Gasteiger partial charge in [0.05, 0.1) is 5.52 Å². The molecule has 0 aliphatic carbocycles. The van der Waals surface area contributed by atoms with Gasteiger partial charge in [-0.25, -0.2) is 4.98 Å². The summed E-state index contributed by atoms with van der Waals surface area (Å²) in [7, 11) is 0. The Balaban J connectivity index is 1.09. The predicted molar refractivity (Wildman–Crippen MR) is 157 cm³/mol. The Morgan fingerprint density at radius 3 is 2.45 bits per heavy atom. The van der Waals surface area contributed by atoms with Crippen LogP contribution < -0.4 is 20.4 Å². The Hall–Kier alpha value is -4.36. The molecule has 3 aromatic carbocycles. The molecule has 0 unspecified atom stereocenters. The lowest BCUT2D eigenvalue weighted by Crippen LogP contribution is -2.47. The summed E-state index contributed by atoms with van der Waals surface area (Å²) in [6, 6.07) is 28.6. The molecule has 1 aliphatic heterocycles. The summed E-state index contributed by atoms with van der Waals surface area (Å²) in [4.78, 5) is 18.4. The van der Waals surface area contributed by atoms with Gasteiger partial charge < -0.3 is 20.4 Å². The van der Waals surface area contributed by atoms with Gasteiger partial charge in [-0.1, -0.05) is 41.9 Å². The molecule has 1 saturated heterocycles. The van der Waals surface area contributed by atoms with Crippen molar-refractivity contribution in [2.45, 2.75) is 6.54 Å². The summed E-state index contributed by atoms with van der Waals surface area (Å²) in [6.07, 6.45) is 3.62. The van der Waals surface area contributed by atoms with Gasteiger partial charge in [0.1, 0.15) is 5.82 Å². The standard InChI is InChI=1S/C30H28ClN7/c31-23-9-10-26-27(11-13-32-28(26)20-23)35-24-6-4-5-22(19-24)21-34-29-12-14-33-30(36-29)38-17-15-37(16-18-38)25-7-2-1-3-8-25/h1-14,19-20H,15-18,21H2,(H,32,35)(H,33,34,36). The molecular formula is C30H28ClN7. The molecule has 0 atom stereocenters. The molecule has 3 heterocycles. The minimum atomic E-state index is 0.653. The highest BCUT2D eigenvalue weighted by molar-refractivity contribution is 6.31. The van der Waals surface area contributed by atoms with Crippen molar-refractivity contribution in [2.75, 3.05) is 46.6 Å². The number of hydrogen-bond acceptors (Lipinski definition) is 7. The Labute approximate surface area is 227 Å². The highest BCUT2D eigenvalue weighted by Gasteiger charge is 2.19. The van der Waals surface area contributed by atoms with Crippen molar-refractivity contribution in [1.82, 2.24) is 15.0 Å². The first kappa shape index (κ1) is 24.0. The first-order valence-corrected chi connectivity index (χ1v) is 13.1. The number of nitrogens with zero attached hydrogens (tertiary/aromatic N) is 5. The Bertz CT molecular complexity index is 1530. The number of piperazine rings is 1. The summed E-state index contributed by atoms with van der Waals surface area (Å²) in [5.74, 6) is 1.58. The van der Waals surface area contributed by atoms with E-state index in [4.69, 9.17) is 16.6 Å². The highest BCUT2D eigenvalue weighted by Crippen LogP contribution is 2.27. The molecule has 0 amide bonds. The fraction of sp³-hybridized carbons (Fsp3) is 0.167. The number of anilines is 5. The number of nitrogens with one attached hydrogen (secondary N) is 2. The number of para-hydroxylation sites is 1. The first-order chi connectivity index (χ1) is 18.7. The lowest BCUT2D eigenvalue weighted by Gasteiger charge is -2.36. The van der Waals surface area contributed by atoms with Gasteiger partial charge in [0.15, 0.2) is 0 Å². The number of hydrogen-bond donors (Lipinski definition) is 2.